The van der Waals surface area contributed by atoms with E-state index in [1.165, 1.54) is 120 Å². The van der Waals surface area contributed by atoms with E-state index in [0.717, 1.165) is 72.6 Å². The molecule has 618 valence electrons. The van der Waals surface area contributed by atoms with Gasteiger partial charge in [0.2, 0.25) is 0 Å². The normalized spacial score (nSPS) is 11.6. The molecule has 0 aliphatic rings. The van der Waals surface area contributed by atoms with Crippen LogP contribution in [0.2, 0.25) is 0 Å². The summed E-state index contributed by atoms with van der Waals surface area (Å²) in [6, 6.07) is 152. The highest BCUT2D eigenvalue weighted by Crippen LogP contribution is 2.49. The van der Waals surface area contributed by atoms with Gasteiger partial charge in [-0.3, -0.25) is 0 Å². The summed E-state index contributed by atoms with van der Waals surface area (Å²) in [5.74, 6) is 5.87. The van der Waals surface area contributed by atoms with Gasteiger partial charge in [0.15, 0.2) is 52.4 Å². The van der Waals surface area contributed by atoms with Crippen molar-refractivity contribution in [3.63, 3.8) is 0 Å². The first-order chi connectivity index (χ1) is 65.5. The second kappa shape index (κ2) is 32.7. The lowest BCUT2D eigenvalue weighted by atomic mass is 10.1. The minimum Gasteiger partial charge on any atom is -0.309 e. The van der Waals surface area contributed by atoms with Crippen LogP contribution in [0.25, 0.3) is 245 Å². The molecule has 18 aromatic carbocycles. The molecule has 27 aromatic rings. The summed E-state index contributed by atoms with van der Waals surface area (Å²) in [6.45, 7) is 0. The van der Waals surface area contributed by atoms with Gasteiger partial charge in [-0.1, -0.05) is 334 Å². The van der Waals surface area contributed by atoms with Crippen LogP contribution >= 0.6 is 34.0 Å². The van der Waals surface area contributed by atoms with E-state index in [-0.39, 0.29) is 0 Å². The number of nitrogens with zero attached hydrogens (tertiary/aromatic N) is 12. The van der Waals surface area contributed by atoms with Gasteiger partial charge in [0.25, 0.3) is 0 Å². The topological polar surface area (TPSA) is 131 Å². The summed E-state index contributed by atoms with van der Waals surface area (Å²) >= 11 is 5.55. The van der Waals surface area contributed by atoms with Crippen molar-refractivity contribution >= 4 is 160 Å². The van der Waals surface area contributed by atoms with Gasteiger partial charge in [-0.2, -0.15) is 0 Å². The van der Waals surface area contributed by atoms with E-state index in [2.05, 4.69) is 268 Å². The van der Waals surface area contributed by atoms with Crippen LogP contribution in [-0.4, -0.2) is 58.6 Å². The van der Waals surface area contributed by atoms with E-state index in [1.54, 1.807) is 0 Å². The summed E-state index contributed by atoms with van der Waals surface area (Å²) < 4.78 is 15.0. The highest BCUT2D eigenvalue weighted by atomic mass is 32.1. The molecule has 15 heteroatoms. The maximum Gasteiger partial charge on any atom is 0.166 e. The fourth-order valence-electron chi connectivity index (χ4n) is 18.8. The number of rotatable bonds is 12. The second-order valence-corrected chi connectivity index (χ2v) is 35.8. The van der Waals surface area contributed by atoms with Crippen LogP contribution in [-0.2, 0) is 0 Å². The van der Waals surface area contributed by atoms with E-state index >= 15 is 0 Å². The van der Waals surface area contributed by atoms with Crippen molar-refractivity contribution in [1.82, 2.24) is 58.6 Å². The van der Waals surface area contributed by atoms with E-state index in [1.807, 2.05) is 216 Å². The van der Waals surface area contributed by atoms with Gasteiger partial charge in [0.1, 0.15) is 0 Å². The molecule has 0 bridgehead atoms. The SMILES string of the molecule is c1ccc(-c2nc(-c3ccccc3)nc(-c3ccc(-n4c5ccccc5c5ccc6sc7ccccc7c6c54)cc3)n2)cc1.c1ccc(-c2nc(-c3ccccc3)nc(-c3cccc(-n4c5ccccc5c5ccc6sc7ccccc7c6c54)c3)n2)cc1.c1ccc(-c2nc(-c3ccccc3)nc(-c3ccccc3-n3c4ccccc4c4ccc5sc6ccccc6c5c43)n2)cc1. The van der Waals surface area contributed by atoms with Gasteiger partial charge < -0.3 is 13.7 Å². The van der Waals surface area contributed by atoms with E-state index < -0.39 is 0 Å². The number of benzene rings is 18. The number of fused-ring (bicyclic) bond motifs is 21. The Balaban J connectivity index is 0.000000106. The molecule has 0 saturated carbocycles. The van der Waals surface area contributed by atoms with Crippen molar-refractivity contribution in [2.45, 2.75) is 0 Å². The molecule has 0 radical (unpaired) electrons. The van der Waals surface area contributed by atoms with Crippen molar-refractivity contribution < 1.29 is 0 Å². The van der Waals surface area contributed by atoms with Gasteiger partial charge >= 0.3 is 0 Å². The van der Waals surface area contributed by atoms with Gasteiger partial charge in [-0.05, 0) is 103 Å². The summed E-state index contributed by atoms with van der Waals surface area (Å²) in [7, 11) is 0. The fraction of sp³-hybridized carbons (Fsp3) is 0. The Labute approximate surface area is 769 Å². The Hall–Kier alpha value is -17.0. The Morgan fingerprint density at radius 3 is 0.788 bits per heavy atom. The third-order valence-corrected chi connectivity index (χ3v) is 28.2. The van der Waals surface area contributed by atoms with E-state index in [4.69, 9.17) is 44.9 Å². The predicted octanol–water partition coefficient (Wildman–Crippen LogP) is 31.0. The van der Waals surface area contributed by atoms with Gasteiger partial charge in [-0.15, -0.1) is 34.0 Å². The van der Waals surface area contributed by atoms with Crippen LogP contribution < -0.4 is 0 Å². The number of hydrogen-bond donors (Lipinski definition) is 0. The molecule has 0 aliphatic heterocycles. The lowest BCUT2D eigenvalue weighted by Gasteiger charge is -2.15. The van der Waals surface area contributed by atoms with Gasteiger partial charge in [0, 0.05) is 154 Å². The van der Waals surface area contributed by atoms with Gasteiger partial charge in [-0.25, -0.2) is 44.9 Å². The van der Waals surface area contributed by atoms with E-state index in [0.29, 0.717) is 52.4 Å². The molecule has 0 spiro atoms. The molecule has 0 aliphatic carbocycles. The molecule has 0 atom stereocenters. The van der Waals surface area contributed by atoms with Crippen LogP contribution in [0.1, 0.15) is 0 Å². The Kier molecular flexibility index (Phi) is 19.2. The highest BCUT2D eigenvalue weighted by Gasteiger charge is 2.26. The van der Waals surface area contributed by atoms with Crippen LogP contribution in [0.15, 0.2) is 437 Å². The highest BCUT2D eigenvalue weighted by molar-refractivity contribution is 7.27. The van der Waals surface area contributed by atoms with Crippen molar-refractivity contribution in [1.29, 1.82) is 0 Å². The first-order valence-corrected chi connectivity index (χ1v) is 46.3. The molecule has 12 nitrogen and oxygen atoms in total. The number of hydrogen-bond acceptors (Lipinski definition) is 12. The summed E-state index contributed by atoms with van der Waals surface area (Å²) in [6.07, 6.45) is 0. The fourth-order valence-corrected chi connectivity index (χ4v) is 22.1. The van der Waals surface area contributed by atoms with Crippen LogP contribution in [0.4, 0.5) is 0 Å². The largest absolute Gasteiger partial charge is 0.309 e. The molecular weight excluding hydrogens is 1670 g/mol. The maximum atomic E-state index is 5.10. The smallest absolute Gasteiger partial charge is 0.166 e. The zero-order valence-electron chi connectivity index (χ0n) is 70.7. The number of aromatic nitrogens is 12. The zero-order chi connectivity index (χ0) is 87.1. The van der Waals surface area contributed by atoms with E-state index in [9.17, 15) is 0 Å². The van der Waals surface area contributed by atoms with Crippen molar-refractivity contribution in [3.05, 3.63) is 437 Å². The standard InChI is InChI=1S/3C39H24N4S/c1-3-13-25(14-4-1)37-40-38(26-15-5-2-6-16-26)42-39(41-37)29-18-8-11-21-32(29)43-31-20-10-7-17-27(31)28-23-24-34-35(36(28)43)30-19-9-12-22-33(30)44-34;1-3-12-25(13-4-1)37-40-38(26-14-5-2-6-15-26)42-39(41-37)27-16-11-17-28(24-27)43-32-20-9-7-18-29(32)30-22-23-34-35(36(30)43)31-19-8-10-21-33(31)44-34;1-3-11-25(12-4-1)37-40-38(26-13-5-2-6-14-26)42-39(41-37)27-19-21-28(22-20-27)43-32-17-9-7-15-29(32)30-23-24-34-35(36(30)43)31-16-8-10-18-33(31)44-34/h3*1-24H. The molecule has 9 aromatic heterocycles. The molecule has 0 unspecified atom stereocenters. The molecule has 0 saturated heterocycles. The van der Waals surface area contributed by atoms with Crippen LogP contribution in [0.3, 0.4) is 0 Å². The molecule has 0 N–H and O–H groups in total. The van der Waals surface area contributed by atoms with Crippen LogP contribution in [0, 0.1) is 0 Å². The lowest BCUT2D eigenvalue weighted by Crippen LogP contribution is -2.03. The second-order valence-electron chi connectivity index (χ2n) is 32.6. The first-order valence-electron chi connectivity index (χ1n) is 43.9. The minimum absolute atomic E-state index is 0.640. The molecule has 27 rings (SSSR count). The average Bonchev–Trinajstić information content (AvgIpc) is 1.57. The maximum absolute atomic E-state index is 5.10. The monoisotopic (exact) mass is 1740 g/mol. The Bertz CT molecular complexity index is 8980. The van der Waals surface area contributed by atoms with Crippen LogP contribution in [0.5, 0.6) is 0 Å². The third kappa shape index (κ3) is 13.6. The van der Waals surface area contributed by atoms with Crippen molar-refractivity contribution in [2.75, 3.05) is 0 Å². The van der Waals surface area contributed by atoms with Crippen molar-refractivity contribution in [2.24, 2.45) is 0 Å². The van der Waals surface area contributed by atoms with Crippen molar-refractivity contribution in [3.8, 4) is 120 Å². The molecule has 9 heterocycles. The minimum atomic E-state index is 0.640. The zero-order valence-corrected chi connectivity index (χ0v) is 73.1. The number of para-hydroxylation sites is 4. The number of thiophene rings is 3. The quantitative estimate of drug-likeness (QED) is 0.117. The van der Waals surface area contributed by atoms with Gasteiger partial charge in [0.05, 0.1) is 38.8 Å². The summed E-state index contributed by atoms with van der Waals surface area (Å²) in [5.41, 5.74) is 19.0. The Morgan fingerprint density at radius 2 is 0.424 bits per heavy atom. The lowest BCUT2D eigenvalue weighted by molar-refractivity contribution is 1.06. The Morgan fingerprint density at radius 1 is 0.159 bits per heavy atom. The average molecular weight is 1740 g/mol. The molecule has 132 heavy (non-hydrogen) atoms. The molecular formula is C117H72N12S3. The molecule has 0 fully saturated rings. The summed E-state index contributed by atoms with van der Waals surface area (Å²) in [4.78, 5) is 44.7. The summed E-state index contributed by atoms with van der Waals surface area (Å²) in [5, 5.41) is 15.2. The third-order valence-electron chi connectivity index (χ3n) is 24.8. The first kappa shape index (κ1) is 77.4. The molecule has 0 amide bonds. The predicted molar refractivity (Wildman–Crippen MR) is 550 cm³/mol.